The van der Waals surface area contributed by atoms with Gasteiger partial charge in [-0.05, 0) is 89.9 Å². The summed E-state index contributed by atoms with van der Waals surface area (Å²) in [5.41, 5.74) is 11.1. The van der Waals surface area contributed by atoms with Crippen LogP contribution in [0.4, 0.5) is 0 Å². The molecule has 0 aliphatic rings. The molecule has 0 heterocycles. The zero-order valence-electron chi connectivity index (χ0n) is 37.9. The van der Waals surface area contributed by atoms with Crippen LogP contribution in [-0.4, -0.2) is 49.2 Å². The summed E-state index contributed by atoms with van der Waals surface area (Å²) >= 11 is 0. The third-order valence-corrected chi connectivity index (χ3v) is 9.73. The molecule has 0 aromatic carbocycles. The van der Waals surface area contributed by atoms with Crippen molar-refractivity contribution >= 4 is 23.9 Å². The molecule has 328 valence electrons. The number of esters is 2. The Morgan fingerprint density at radius 1 is 0.431 bits per heavy atom. The number of unbranched alkanes of at least 4 members (excludes halogenated alkanes) is 24. The number of rotatable bonds is 40. The Bertz CT molecular complexity index is 907. The summed E-state index contributed by atoms with van der Waals surface area (Å²) in [5, 5.41) is 20.7. The molecule has 0 spiro atoms. The van der Waals surface area contributed by atoms with Crippen LogP contribution < -0.4 is 80.8 Å². The first-order chi connectivity index (χ1) is 27.1. The predicted octanol–water partition coefficient (Wildman–Crippen LogP) is 2.86. The average molecular weight is 839 g/mol. The predicted molar refractivity (Wildman–Crippen MR) is 225 cm³/mol. The van der Waals surface area contributed by atoms with Crippen molar-refractivity contribution in [3.05, 3.63) is 24.3 Å². The van der Waals surface area contributed by atoms with Gasteiger partial charge >= 0.3 is 71.1 Å². The van der Waals surface area contributed by atoms with Crippen molar-refractivity contribution in [2.75, 3.05) is 13.2 Å². The van der Waals surface area contributed by atoms with Gasteiger partial charge in [-0.15, -0.1) is 0 Å². The van der Waals surface area contributed by atoms with Crippen LogP contribution in [0.15, 0.2) is 24.3 Å². The van der Waals surface area contributed by atoms with Gasteiger partial charge in [-0.2, -0.15) is 0 Å². The number of carboxylic acid groups (broad SMARTS) is 2. The third kappa shape index (κ3) is 53.3. The van der Waals surface area contributed by atoms with Crippen LogP contribution in [0.25, 0.3) is 0 Å². The maximum atomic E-state index is 11.5. The van der Waals surface area contributed by atoms with Gasteiger partial charge in [-0.25, -0.2) is 0 Å². The summed E-state index contributed by atoms with van der Waals surface area (Å²) in [6.07, 6.45) is 43.6. The zero-order chi connectivity index (χ0) is 41.7. The van der Waals surface area contributed by atoms with Crippen LogP contribution in [-0.2, 0) is 28.7 Å². The van der Waals surface area contributed by atoms with E-state index in [1.807, 2.05) is 0 Å². The molecule has 0 aromatic rings. The fourth-order valence-electron chi connectivity index (χ4n) is 6.04. The van der Waals surface area contributed by atoms with Gasteiger partial charge in [0.25, 0.3) is 0 Å². The maximum Gasteiger partial charge on any atom is 1.00 e. The quantitative estimate of drug-likeness (QED) is 0.0403. The van der Waals surface area contributed by atoms with Gasteiger partial charge < -0.3 is 40.7 Å². The van der Waals surface area contributed by atoms with E-state index in [2.05, 4.69) is 38.2 Å². The largest absolute Gasteiger partial charge is 1.00 e. The van der Waals surface area contributed by atoms with Crippen LogP contribution >= 0.6 is 0 Å². The second-order valence-corrected chi connectivity index (χ2v) is 15.2. The molecule has 0 aromatic heterocycles. The summed E-state index contributed by atoms with van der Waals surface area (Å²) in [6, 6.07) is -1.74. The van der Waals surface area contributed by atoms with Crippen molar-refractivity contribution in [1.82, 2.24) is 0 Å². The molecule has 0 fully saturated rings. The Hall–Kier alpha value is -0.720. The Balaban J connectivity index is -0.000000486. The van der Waals surface area contributed by atoms with E-state index in [-0.39, 0.29) is 84.8 Å². The third-order valence-electron chi connectivity index (χ3n) is 9.73. The molecule has 0 unspecified atom stereocenters. The van der Waals surface area contributed by atoms with Crippen LogP contribution in [0.2, 0.25) is 0 Å². The van der Waals surface area contributed by atoms with Crippen molar-refractivity contribution in [2.24, 2.45) is 11.5 Å². The van der Waals surface area contributed by atoms with E-state index in [1.165, 1.54) is 141 Å². The second-order valence-electron chi connectivity index (χ2n) is 15.2. The Labute approximate surface area is 399 Å². The van der Waals surface area contributed by atoms with Gasteiger partial charge in [0, 0.05) is 11.9 Å². The maximum absolute atomic E-state index is 11.5. The van der Waals surface area contributed by atoms with Gasteiger partial charge in [0.2, 0.25) is 0 Å². The molecule has 0 saturated heterocycles. The Morgan fingerprint density at radius 3 is 0.931 bits per heavy atom. The van der Waals surface area contributed by atoms with Crippen LogP contribution in [0, 0.1) is 0 Å². The van der Waals surface area contributed by atoms with E-state index in [9.17, 15) is 29.4 Å². The number of carbonyl (C=O) groups is 4. The van der Waals surface area contributed by atoms with Crippen molar-refractivity contribution < 1.29 is 98.0 Å². The van der Waals surface area contributed by atoms with Crippen LogP contribution in [0.5, 0.6) is 0 Å². The van der Waals surface area contributed by atoms with Crippen molar-refractivity contribution in [2.45, 2.75) is 231 Å². The van der Waals surface area contributed by atoms with Gasteiger partial charge in [-0.1, -0.05) is 154 Å². The zero-order valence-corrected chi connectivity index (χ0v) is 41.9. The number of allylic oxidation sites excluding steroid dienone is 4. The van der Waals surface area contributed by atoms with Gasteiger partial charge in [-0.3, -0.25) is 9.59 Å². The van der Waals surface area contributed by atoms with Crippen LogP contribution in [0.1, 0.15) is 219 Å². The number of carboxylic acids is 2. The first kappa shape index (κ1) is 63.9. The first-order valence-electron chi connectivity index (χ1n) is 22.7. The van der Waals surface area contributed by atoms with E-state index in [1.54, 1.807) is 0 Å². The summed E-state index contributed by atoms with van der Waals surface area (Å²) in [4.78, 5) is 43.8. The van der Waals surface area contributed by atoms with E-state index >= 15 is 0 Å². The van der Waals surface area contributed by atoms with Crippen molar-refractivity contribution in [1.29, 1.82) is 0 Å². The molecule has 0 bridgehead atoms. The molecule has 0 rings (SSSR count). The smallest absolute Gasteiger partial charge is 0.550 e. The average Bonchev–Trinajstić information content (AvgIpc) is 3.18. The molecule has 0 aliphatic carbocycles. The topological polar surface area (TPSA) is 185 Å². The minimum Gasteiger partial charge on any atom is -0.550 e. The monoisotopic (exact) mass is 839 g/mol. The Kier molecular flexibility index (Phi) is 57.8. The fourth-order valence-corrected chi connectivity index (χ4v) is 6.04. The minimum atomic E-state index is -1.20. The summed E-state index contributed by atoms with van der Waals surface area (Å²) in [7, 11) is 0. The molecule has 4 N–H and O–H groups in total. The van der Waals surface area contributed by atoms with Gasteiger partial charge in [0.05, 0.1) is 13.2 Å². The standard InChI is InChI=1S/2C23H43NO4.2Na/c2*1-2-3-4-5-6-7-8-9-10-11-12-13-14-15-16-17-20-28-23(27)21(24)18-19-22(25)26;;/h2*9-10,21H,2-8,11-20,24H2,1H3,(H,25,26);;/q;;2*+1/p-2/b2*10-9-;;/t2*21-;;/m00../s1. The van der Waals surface area contributed by atoms with Gasteiger partial charge in [0.15, 0.2) is 0 Å². The van der Waals surface area contributed by atoms with E-state index < -0.39 is 36.0 Å². The van der Waals surface area contributed by atoms with Crippen LogP contribution in [0.3, 0.4) is 0 Å². The SMILES string of the molecule is CCCCCCCC/C=C\CCCCCCCCOC(=O)[C@@H](N)CCC(=O)[O-].CCCCCCCC/C=C\CCCCCCCCOC(=O)[C@@H](N)CCC(=O)[O-].[Na+].[Na+]. The number of aliphatic carboxylic acids is 2. The number of carbonyl (C=O) groups excluding carboxylic acids is 4. The summed E-state index contributed by atoms with van der Waals surface area (Å²) < 4.78 is 10.1. The number of ether oxygens (including phenoxy) is 2. The first-order valence-corrected chi connectivity index (χ1v) is 22.7. The molecular weight excluding hydrogens is 754 g/mol. The second kappa shape index (κ2) is 52.4. The molecule has 0 radical (unpaired) electrons. The van der Waals surface area contributed by atoms with E-state index in [4.69, 9.17) is 20.9 Å². The summed E-state index contributed by atoms with van der Waals surface area (Å²) in [6.45, 7) is 5.23. The number of hydrogen-bond donors (Lipinski definition) is 2. The fraction of sp³-hybridized carbons (Fsp3) is 0.826. The molecule has 2 atom stereocenters. The van der Waals surface area contributed by atoms with Gasteiger partial charge in [0.1, 0.15) is 12.1 Å². The number of nitrogens with two attached hydrogens (primary N) is 2. The molecule has 10 nitrogen and oxygen atoms in total. The molecule has 58 heavy (non-hydrogen) atoms. The van der Waals surface area contributed by atoms with Crippen molar-refractivity contribution in [3.63, 3.8) is 0 Å². The molecule has 0 aliphatic heterocycles. The minimum absolute atomic E-state index is 0. The molecule has 0 saturated carbocycles. The van der Waals surface area contributed by atoms with Crippen molar-refractivity contribution in [3.8, 4) is 0 Å². The molecule has 12 heteroatoms. The normalized spacial score (nSPS) is 11.9. The number of hydrogen-bond acceptors (Lipinski definition) is 10. The molecule has 0 amide bonds. The Morgan fingerprint density at radius 2 is 0.672 bits per heavy atom. The molecular formula is C46H84N2Na2O8. The van der Waals surface area contributed by atoms with E-state index in [0.29, 0.717) is 13.2 Å². The van der Waals surface area contributed by atoms with E-state index in [0.717, 1.165) is 38.5 Å². The summed E-state index contributed by atoms with van der Waals surface area (Å²) in [5.74, 6) is -3.43.